The fourth-order valence-corrected chi connectivity index (χ4v) is 2.83. The van der Waals surface area contributed by atoms with Gasteiger partial charge < -0.3 is 5.32 Å². The summed E-state index contributed by atoms with van der Waals surface area (Å²) in [7, 11) is 0. The number of carbonyl (C=O) groups excluding carboxylic acids is 1. The van der Waals surface area contributed by atoms with Crippen molar-refractivity contribution in [2.24, 2.45) is 0 Å². The standard InChI is InChI=1S/C17H15N3OS/c1-12-5-7-13(8-6-12)17-19-14(11-22-17)10-16(21)20-15-4-2-3-9-18-15/h2-9,11H,10H2,1H3,(H,18,20,21). The highest BCUT2D eigenvalue weighted by Crippen LogP contribution is 2.24. The van der Waals surface area contributed by atoms with Crippen LogP contribution in [0, 0.1) is 6.92 Å². The summed E-state index contributed by atoms with van der Waals surface area (Å²) in [6, 6.07) is 13.6. The van der Waals surface area contributed by atoms with E-state index in [9.17, 15) is 4.79 Å². The minimum atomic E-state index is -0.112. The Hall–Kier alpha value is -2.53. The van der Waals surface area contributed by atoms with E-state index in [0.29, 0.717) is 5.82 Å². The van der Waals surface area contributed by atoms with Gasteiger partial charge in [-0.25, -0.2) is 9.97 Å². The molecular weight excluding hydrogens is 294 g/mol. The lowest BCUT2D eigenvalue weighted by Gasteiger charge is -2.02. The van der Waals surface area contributed by atoms with Crippen molar-refractivity contribution in [2.75, 3.05) is 5.32 Å². The molecule has 1 amide bonds. The number of anilines is 1. The molecule has 0 aliphatic carbocycles. The van der Waals surface area contributed by atoms with Crippen molar-refractivity contribution >= 4 is 23.1 Å². The largest absolute Gasteiger partial charge is 0.310 e. The molecule has 5 heteroatoms. The molecule has 0 fully saturated rings. The summed E-state index contributed by atoms with van der Waals surface area (Å²) in [5, 5.41) is 5.62. The van der Waals surface area contributed by atoms with E-state index in [2.05, 4.69) is 34.3 Å². The van der Waals surface area contributed by atoms with E-state index >= 15 is 0 Å². The summed E-state index contributed by atoms with van der Waals surface area (Å²) in [6.45, 7) is 2.05. The number of nitrogens with one attached hydrogen (secondary N) is 1. The molecule has 4 nitrogen and oxygen atoms in total. The second kappa shape index (κ2) is 6.49. The van der Waals surface area contributed by atoms with Gasteiger partial charge in [0.2, 0.25) is 5.91 Å². The number of aryl methyl sites for hydroxylation is 1. The average Bonchev–Trinajstić information content (AvgIpc) is 2.97. The highest BCUT2D eigenvalue weighted by Gasteiger charge is 2.09. The molecule has 1 N–H and O–H groups in total. The van der Waals surface area contributed by atoms with Crippen LogP contribution in [0.1, 0.15) is 11.3 Å². The Morgan fingerprint density at radius 2 is 2.00 bits per heavy atom. The van der Waals surface area contributed by atoms with Crippen molar-refractivity contribution in [1.82, 2.24) is 9.97 Å². The lowest BCUT2D eigenvalue weighted by molar-refractivity contribution is -0.115. The van der Waals surface area contributed by atoms with Crippen molar-refractivity contribution in [3.05, 3.63) is 65.3 Å². The number of hydrogen-bond acceptors (Lipinski definition) is 4. The third-order valence-electron chi connectivity index (χ3n) is 3.12. The van der Waals surface area contributed by atoms with Crippen LogP contribution in [0.5, 0.6) is 0 Å². The molecule has 0 atom stereocenters. The van der Waals surface area contributed by atoms with Crippen LogP contribution < -0.4 is 5.32 Å². The van der Waals surface area contributed by atoms with Crippen molar-refractivity contribution in [3.8, 4) is 10.6 Å². The normalized spacial score (nSPS) is 10.4. The van der Waals surface area contributed by atoms with E-state index in [0.717, 1.165) is 16.3 Å². The summed E-state index contributed by atoms with van der Waals surface area (Å²) in [6.07, 6.45) is 1.90. The highest BCUT2D eigenvalue weighted by molar-refractivity contribution is 7.13. The Morgan fingerprint density at radius 1 is 1.18 bits per heavy atom. The van der Waals surface area contributed by atoms with Gasteiger partial charge in [-0.3, -0.25) is 4.79 Å². The Balaban J connectivity index is 1.66. The molecule has 2 aromatic heterocycles. The summed E-state index contributed by atoms with van der Waals surface area (Å²) >= 11 is 1.55. The Bertz CT molecular complexity index is 766. The first-order valence-electron chi connectivity index (χ1n) is 6.93. The molecule has 0 unspecified atom stereocenters. The lowest BCUT2D eigenvalue weighted by Crippen LogP contribution is -2.15. The van der Waals surface area contributed by atoms with Gasteiger partial charge in [0, 0.05) is 17.1 Å². The SMILES string of the molecule is Cc1ccc(-c2nc(CC(=O)Nc3ccccn3)cs2)cc1. The first-order valence-corrected chi connectivity index (χ1v) is 7.81. The number of aromatic nitrogens is 2. The summed E-state index contributed by atoms with van der Waals surface area (Å²) in [5.74, 6) is 0.445. The number of pyridine rings is 1. The molecule has 0 radical (unpaired) electrons. The second-order valence-electron chi connectivity index (χ2n) is 4.95. The zero-order valence-electron chi connectivity index (χ0n) is 12.1. The van der Waals surface area contributed by atoms with E-state index in [1.807, 2.05) is 29.6 Å². The molecule has 1 aromatic carbocycles. The van der Waals surface area contributed by atoms with E-state index in [1.54, 1.807) is 23.6 Å². The monoisotopic (exact) mass is 309 g/mol. The molecule has 0 spiro atoms. The zero-order chi connectivity index (χ0) is 15.4. The first kappa shape index (κ1) is 14.4. The molecule has 2 heterocycles. The molecule has 0 saturated heterocycles. The van der Waals surface area contributed by atoms with Crippen LogP contribution in [0.4, 0.5) is 5.82 Å². The third kappa shape index (κ3) is 3.56. The van der Waals surface area contributed by atoms with Crippen LogP contribution in [-0.4, -0.2) is 15.9 Å². The average molecular weight is 309 g/mol. The molecule has 0 aliphatic rings. The fourth-order valence-electron chi connectivity index (χ4n) is 2.01. The minimum absolute atomic E-state index is 0.112. The number of carbonyl (C=O) groups is 1. The number of nitrogens with zero attached hydrogens (tertiary/aromatic N) is 2. The van der Waals surface area contributed by atoms with Crippen LogP contribution in [0.25, 0.3) is 10.6 Å². The van der Waals surface area contributed by atoms with Crippen LogP contribution in [-0.2, 0) is 11.2 Å². The fraction of sp³-hybridized carbons (Fsp3) is 0.118. The van der Waals surface area contributed by atoms with Gasteiger partial charge >= 0.3 is 0 Å². The van der Waals surface area contributed by atoms with Gasteiger partial charge in [0.25, 0.3) is 0 Å². The number of hydrogen-bond donors (Lipinski definition) is 1. The minimum Gasteiger partial charge on any atom is -0.310 e. The number of rotatable bonds is 4. The van der Waals surface area contributed by atoms with Crippen LogP contribution >= 0.6 is 11.3 Å². The molecule has 22 heavy (non-hydrogen) atoms. The van der Waals surface area contributed by atoms with E-state index < -0.39 is 0 Å². The molecular formula is C17H15N3OS. The van der Waals surface area contributed by atoms with E-state index in [-0.39, 0.29) is 12.3 Å². The van der Waals surface area contributed by atoms with Crippen LogP contribution in [0.3, 0.4) is 0 Å². The number of benzene rings is 1. The van der Waals surface area contributed by atoms with Gasteiger partial charge in [0.1, 0.15) is 10.8 Å². The molecule has 110 valence electrons. The number of thiazole rings is 1. The van der Waals surface area contributed by atoms with Gasteiger partial charge in [-0.05, 0) is 19.1 Å². The van der Waals surface area contributed by atoms with Gasteiger partial charge in [0.05, 0.1) is 12.1 Å². The Kier molecular flexibility index (Phi) is 4.25. The Labute approximate surface area is 132 Å². The van der Waals surface area contributed by atoms with Crippen molar-refractivity contribution in [1.29, 1.82) is 0 Å². The molecule has 3 aromatic rings. The lowest BCUT2D eigenvalue weighted by atomic mass is 10.2. The maximum absolute atomic E-state index is 12.0. The third-order valence-corrected chi connectivity index (χ3v) is 4.06. The summed E-state index contributed by atoms with van der Waals surface area (Å²) < 4.78 is 0. The van der Waals surface area contributed by atoms with Gasteiger partial charge in [0.15, 0.2) is 0 Å². The molecule has 0 aliphatic heterocycles. The predicted molar refractivity (Wildman–Crippen MR) is 88.9 cm³/mol. The Morgan fingerprint density at radius 3 is 2.73 bits per heavy atom. The molecule has 3 rings (SSSR count). The molecule has 0 bridgehead atoms. The smallest absolute Gasteiger partial charge is 0.231 e. The summed E-state index contributed by atoms with van der Waals surface area (Å²) in [4.78, 5) is 20.6. The van der Waals surface area contributed by atoms with Crippen molar-refractivity contribution < 1.29 is 4.79 Å². The summed E-state index contributed by atoms with van der Waals surface area (Å²) in [5.41, 5.74) is 3.07. The van der Waals surface area contributed by atoms with Gasteiger partial charge in [-0.1, -0.05) is 35.9 Å². The second-order valence-corrected chi connectivity index (χ2v) is 5.81. The maximum atomic E-state index is 12.0. The van der Waals surface area contributed by atoms with Gasteiger partial charge in [-0.2, -0.15) is 0 Å². The van der Waals surface area contributed by atoms with Crippen LogP contribution in [0.15, 0.2) is 54.0 Å². The first-order chi connectivity index (χ1) is 10.7. The van der Waals surface area contributed by atoms with Crippen LogP contribution in [0.2, 0.25) is 0 Å². The topological polar surface area (TPSA) is 54.9 Å². The predicted octanol–water partition coefficient (Wildman–Crippen LogP) is 3.69. The van der Waals surface area contributed by atoms with Crippen molar-refractivity contribution in [3.63, 3.8) is 0 Å². The van der Waals surface area contributed by atoms with Gasteiger partial charge in [-0.15, -0.1) is 11.3 Å². The maximum Gasteiger partial charge on any atom is 0.231 e. The number of amides is 1. The molecule has 0 saturated carbocycles. The van der Waals surface area contributed by atoms with E-state index in [1.165, 1.54) is 5.56 Å². The highest BCUT2D eigenvalue weighted by atomic mass is 32.1. The zero-order valence-corrected chi connectivity index (χ0v) is 12.9. The van der Waals surface area contributed by atoms with E-state index in [4.69, 9.17) is 0 Å². The quantitative estimate of drug-likeness (QED) is 0.799. The van der Waals surface area contributed by atoms with Crippen molar-refractivity contribution in [2.45, 2.75) is 13.3 Å².